The van der Waals surface area contributed by atoms with E-state index in [0.29, 0.717) is 22.6 Å². The highest BCUT2D eigenvalue weighted by Gasteiger charge is 2.40. The Morgan fingerprint density at radius 2 is 0.867 bits per heavy atom. The van der Waals surface area contributed by atoms with Crippen LogP contribution in [0.15, 0.2) is 84.9 Å². The average Bonchev–Trinajstić information content (AvgIpc) is 3.03. The molecule has 4 aromatic carbocycles. The highest BCUT2D eigenvalue weighted by molar-refractivity contribution is 5.49. The Labute approximate surface area is 262 Å². The topological polar surface area (TPSA) is 80.9 Å². The summed E-state index contributed by atoms with van der Waals surface area (Å²) >= 11 is 0. The van der Waals surface area contributed by atoms with E-state index in [0.717, 1.165) is 62.6 Å². The molecule has 45 heavy (non-hydrogen) atoms. The second-order valence-corrected chi connectivity index (χ2v) is 12.6. The minimum absolute atomic E-state index is 0.0274. The Morgan fingerprint density at radius 3 is 1.29 bits per heavy atom. The van der Waals surface area contributed by atoms with Crippen molar-refractivity contribution >= 4 is 0 Å². The van der Waals surface area contributed by atoms with Crippen LogP contribution in [0.4, 0.5) is 13.2 Å². The number of aromatic hydroxyl groups is 4. The van der Waals surface area contributed by atoms with Crippen LogP contribution < -0.4 is 0 Å². The Morgan fingerprint density at radius 1 is 0.489 bits per heavy atom. The van der Waals surface area contributed by atoms with Gasteiger partial charge < -0.3 is 20.4 Å². The number of alkyl halides is 3. The maximum Gasteiger partial charge on any atom is 0.419 e. The molecule has 0 bridgehead atoms. The molecule has 0 heterocycles. The van der Waals surface area contributed by atoms with Crippen molar-refractivity contribution in [2.24, 2.45) is 0 Å². The van der Waals surface area contributed by atoms with E-state index in [4.69, 9.17) is 0 Å². The Hall–Kier alpha value is -4.13. The summed E-state index contributed by atoms with van der Waals surface area (Å²) < 4.78 is 39.7. The van der Waals surface area contributed by atoms with E-state index in [1.54, 1.807) is 49.4 Å². The lowest BCUT2D eigenvalue weighted by Crippen LogP contribution is -2.31. The van der Waals surface area contributed by atoms with E-state index in [1.807, 2.05) is 30.3 Å². The molecule has 0 aromatic heterocycles. The van der Waals surface area contributed by atoms with Gasteiger partial charge in [0.15, 0.2) is 0 Å². The number of halogens is 3. The number of phenols is 4. The largest absolute Gasteiger partial charge is 0.508 e. The van der Waals surface area contributed by atoms with Gasteiger partial charge in [-0.3, -0.25) is 0 Å². The van der Waals surface area contributed by atoms with Gasteiger partial charge in [0.25, 0.3) is 0 Å². The van der Waals surface area contributed by atoms with Gasteiger partial charge in [0.1, 0.15) is 23.0 Å². The Bertz CT molecular complexity index is 1530. The summed E-state index contributed by atoms with van der Waals surface area (Å²) in [5.74, 6) is 0.0522. The van der Waals surface area contributed by atoms with Gasteiger partial charge >= 0.3 is 6.18 Å². The normalized spacial score (nSPS) is 17.6. The molecule has 0 unspecified atom stereocenters. The summed E-state index contributed by atoms with van der Waals surface area (Å²) in [6.45, 7) is 1.79. The van der Waals surface area contributed by atoms with Crippen LogP contribution in [0.5, 0.6) is 23.0 Å². The summed E-state index contributed by atoms with van der Waals surface area (Å²) in [6.07, 6.45) is 5.82. The summed E-state index contributed by atoms with van der Waals surface area (Å²) in [5.41, 5.74) is 3.23. The number of benzene rings is 4. The van der Waals surface area contributed by atoms with Crippen molar-refractivity contribution in [3.63, 3.8) is 0 Å². The SMILES string of the molecule is Cc1cc(C2(c3ccc(O)c(C(F)(F)F)c3)CCCCC2)ccc1O.Oc1ccc(C2(c3ccc(O)cc3)CCCCC2)cc1. The molecule has 4 N–H and O–H groups in total. The third kappa shape index (κ3) is 6.77. The molecule has 0 atom stereocenters. The molecule has 238 valence electrons. The fraction of sp³-hybridized carbons (Fsp3) is 0.368. The van der Waals surface area contributed by atoms with Gasteiger partial charge in [-0.2, -0.15) is 13.2 Å². The number of hydrogen-bond donors (Lipinski definition) is 4. The number of rotatable bonds is 4. The van der Waals surface area contributed by atoms with E-state index in [2.05, 4.69) is 0 Å². The summed E-state index contributed by atoms with van der Waals surface area (Å²) in [5, 5.41) is 38.5. The van der Waals surface area contributed by atoms with Gasteiger partial charge in [-0.1, -0.05) is 81.0 Å². The zero-order valence-electron chi connectivity index (χ0n) is 25.6. The summed E-state index contributed by atoms with van der Waals surface area (Å²) in [4.78, 5) is 0. The zero-order chi connectivity index (χ0) is 32.2. The van der Waals surface area contributed by atoms with E-state index in [-0.39, 0.29) is 11.2 Å². The minimum Gasteiger partial charge on any atom is -0.508 e. The molecule has 0 spiro atoms. The first kappa shape index (κ1) is 32.3. The molecule has 2 aliphatic rings. The second kappa shape index (κ2) is 13.1. The molecule has 4 aromatic rings. The van der Waals surface area contributed by atoms with Crippen LogP contribution in [0, 0.1) is 6.92 Å². The standard InChI is InChI=1S/C20H21F3O2.C18H20O2/c1-13-11-14(5-7-17(13)24)19(9-3-2-4-10-19)15-6-8-18(25)16(12-15)20(21,22)23;19-16-8-4-14(5-9-16)18(12-2-1-3-13-18)15-6-10-17(20)11-7-15/h5-8,11-12,24-25H,2-4,9-10H2,1H3;4-11,19-20H,1-3,12-13H2. The maximum absolute atomic E-state index is 13.2. The molecule has 0 radical (unpaired) electrons. The van der Waals surface area contributed by atoms with Gasteiger partial charge in [-0.05, 0) is 103 Å². The van der Waals surface area contributed by atoms with Gasteiger partial charge in [0.2, 0.25) is 0 Å². The molecular formula is C38H41F3O4. The van der Waals surface area contributed by atoms with Crippen LogP contribution in [0.1, 0.15) is 97.6 Å². The van der Waals surface area contributed by atoms with Crippen LogP contribution in [-0.2, 0) is 17.0 Å². The van der Waals surface area contributed by atoms with Crippen LogP contribution in [0.2, 0.25) is 0 Å². The van der Waals surface area contributed by atoms with Crippen LogP contribution >= 0.6 is 0 Å². The quantitative estimate of drug-likeness (QED) is 0.184. The van der Waals surface area contributed by atoms with Crippen LogP contribution in [0.25, 0.3) is 0 Å². The van der Waals surface area contributed by atoms with Gasteiger partial charge in [0, 0.05) is 10.8 Å². The van der Waals surface area contributed by atoms with Gasteiger partial charge in [-0.25, -0.2) is 0 Å². The molecule has 6 rings (SSSR count). The van der Waals surface area contributed by atoms with Crippen molar-refractivity contribution in [1.82, 2.24) is 0 Å². The minimum atomic E-state index is -4.60. The van der Waals surface area contributed by atoms with E-state index in [1.165, 1.54) is 30.4 Å². The lowest BCUT2D eigenvalue weighted by molar-refractivity contribution is -0.138. The van der Waals surface area contributed by atoms with Gasteiger partial charge in [-0.15, -0.1) is 0 Å². The lowest BCUT2D eigenvalue weighted by Gasteiger charge is -2.39. The Kier molecular flexibility index (Phi) is 9.38. The van der Waals surface area contributed by atoms with Crippen molar-refractivity contribution in [1.29, 1.82) is 0 Å². The van der Waals surface area contributed by atoms with E-state index < -0.39 is 22.9 Å². The number of phenolic OH excluding ortho intramolecular Hbond substituents is 4. The fourth-order valence-corrected chi connectivity index (χ4v) is 7.37. The third-order valence-electron chi connectivity index (χ3n) is 9.86. The lowest BCUT2D eigenvalue weighted by atomic mass is 9.65. The second-order valence-electron chi connectivity index (χ2n) is 12.6. The van der Waals surface area contributed by atoms with Crippen LogP contribution in [-0.4, -0.2) is 20.4 Å². The molecule has 2 fully saturated rings. The molecular weight excluding hydrogens is 577 g/mol. The molecule has 0 saturated heterocycles. The highest BCUT2D eigenvalue weighted by Crippen LogP contribution is 2.48. The van der Waals surface area contributed by atoms with Crippen molar-refractivity contribution in [3.8, 4) is 23.0 Å². The molecule has 2 aliphatic carbocycles. The smallest absolute Gasteiger partial charge is 0.419 e. The van der Waals surface area contributed by atoms with Crippen molar-refractivity contribution in [3.05, 3.63) is 118 Å². The molecule has 0 aliphatic heterocycles. The summed E-state index contributed by atoms with van der Waals surface area (Å²) in [6, 6.07) is 24.3. The van der Waals surface area contributed by atoms with Crippen molar-refractivity contribution in [2.75, 3.05) is 0 Å². The highest BCUT2D eigenvalue weighted by atomic mass is 19.4. The first-order valence-electron chi connectivity index (χ1n) is 15.7. The molecule has 2 saturated carbocycles. The van der Waals surface area contributed by atoms with E-state index in [9.17, 15) is 33.6 Å². The van der Waals surface area contributed by atoms with Gasteiger partial charge in [0.05, 0.1) is 5.56 Å². The third-order valence-corrected chi connectivity index (χ3v) is 9.86. The maximum atomic E-state index is 13.2. The van der Waals surface area contributed by atoms with Crippen molar-refractivity contribution in [2.45, 2.75) is 88.1 Å². The predicted molar refractivity (Wildman–Crippen MR) is 170 cm³/mol. The first-order chi connectivity index (χ1) is 21.4. The Balaban J connectivity index is 0.000000182. The summed E-state index contributed by atoms with van der Waals surface area (Å²) in [7, 11) is 0. The average molecular weight is 619 g/mol. The fourth-order valence-electron chi connectivity index (χ4n) is 7.37. The molecule has 7 heteroatoms. The number of aryl methyl sites for hydroxylation is 1. The number of hydrogen-bond acceptors (Lipinski definition) is 4. The first-order valence-corrected chi connectivity index (χ1v) is 15.7. The van der Waals surface area contributed by atoms with Crippen LogP contribution in [0.3, 0.4) is 0 Å². The predicted octanol–water partition coefficient (Wildman–Crippen LogP) is 10.0. The van der Waals surface area contributed by atoms with Crippen molar-refractivity contribution < 1.29 is 33.6 Å². The van der Waals surface area contributed by atoms with E-state index >= 15 is 0 Å². The molecule has 0 amide bonds. The zero-order valence-corrected chi connectivity index (χ0v) is 25.6. The molecule has 4 nitrogen and oxygen atoms in total. The monoisotopic (exact) mass is 618 g/mol.